The molecule has 0 saturated carbocycles. The number of ketones is 1. The summed E-state index contributed by atoms with van der Waals surface area (Å²) in [7, 11) is 0. The van der Waals surface area contributed by atoms with Crippen LogP contribution in [0.4, 0.5) is 10.6 Å². The second-order valence-electron chi connectivity index (χ2n) is 8.35. The van der Waals surface area contributed by atoms with Crippen molar-refractivity contribution >= 4 is 29.7 Å². The molecule has 1 aromatic carbocycles. The molecule has 37 heavy (non-hydrogen) atoms. The smallest absolute Gasteiger partial charge is 0.412 e. The maximum absolute atomic E-state index is 12.9. The fourth-order valence-corrected chi connectivity index (χ4v) is 3.87. The summed E-state index contributed by atoms with van der Waals surface area (Å²) >= 11 is 0. The number of nitrogens with zero attached hydrogens (tertiary/aromatic N) is 3. The molecule has 2 aromatic heterocycles. The fourth-order valence-electron chi connectivity index (χ4n) is 3.87. The summed E-state index contributed by atoms with van der Waals surface area (Å²) in [5, 5.41) is 2.52. The highest BCUT2D eigenvalue weighted by atomic mass is 16.5. The quantitative estimate of drug-likeness (QED) is 0.355. The van der Waals surface area contributed by atoms with Gasteiger partial charge >= 0.3 is 6.09 Å². The zero-order valence-electron chi connectivity index (χ0n) is 20.5. The molecule has 1 N–H and O–H groups in total. The minimum absolute atomic E-state index is 0.0295. The zero-order chi connectivity index (χ0) is 26.0. The third-order valence-electron chi connectivity index (χ3n) is 5.75. The average molecular weight is 501 g/mol. The highest BCUT2D eigenvalue weighted by molar-refractivity contribution is 6.07. The summed E-state index contributed by atoms with van der Waals surface area (Å²) in [6.07, 6.45) is 5.56. The lowest BCUT2D eigenvalue weighted by atomic mass is 10.0. The van der Waals surface area contributed by atoms with E-state index in [0.29, 0.717) is 41.6 Å². The molecule has 9 heteroatoms. The number of amides is 2. The minimum Gasteiger partial charge on any atom is -0.474 e. The Balaban J connectivity index is 1.30. The van der Waals surface area contributed by atoms with Crippen molar-refractivity contribution in [2.24, 2.45) is 0 Å². The van der Waals surface area contributed by atoms with E-state index in [9.17, 15) is 14.4 Å². The van der Waals surface area contributed by atoms with Crippen LogP contribution in [0.1, 0.15) is 46.2 Å². The van der Waals surface area contributed by atoms with Crippen molar-refractivity contribution in [1.29, 1.82) is 0 Å². The molecule has 1 aliphatic heterocycles. The first kappa shape index (κ1) is 25.6. The van der Waals surface area contributed by atoms with Gasteiger partial charge in [0.15, 0.2) is 5.78 Å². The van der Waals surface area contributed by atoms with Crippen LogP contribution in [0, 0.1) is 0 Å². The number of ether oxygens (including phenoxy) is 2. The van der Waals surface area contributed by atoms with E-state index in [-0.39, 0.29) is 24.4 Å². The van der Waals surface area contributed by atoms with Crippen LogP contribution in [-0.2, 0) is 4.74 Å². The Morgan fingerprint density at radius 2 is 1.76 bits per heavy atom. The fraction of sp³-hybridized carbons (Fsp3) is 0.250. The Bertz CT molecular complexity index is 1250. The molecule has 3 aromatic rings. The maximum atomic E-state index is 12.9. The van der Waals surface area contributed by atoms with Crippen molar-refractivity contribution in [2.75, 3.05) is 25.0 Å². The molecular weight excluding hydrogens is 472 g/mol. The van der Waals surface area contributed by atoms with E-state index in [1.165, 1.54) is 6.08 Å². The largest absolute Gasteiger partial charge is 0.474 e. The van der Waals surface area contributed by atoms with Gasteiger partial charge in [-0.25, -0.2) is 14.8 Å². The van der Waals surface area contributed by atoms with Crippen molar-refractivity contribution < 1.29 is 23.9 Å². The second kappa shape index (κ2) is 12.4. The van der Waals surface area contributed by atoms with Gasteiger partial charge in [0.2, 0.25) is 5.88 Å². The number of hydrogen-bond donors (Lipinski definition) is 1. The number of allylic oxidation sites excluding steroid dienone is 1. The molecule has 0 bridgehead atoms. The van der Waals surface area contributed by atoms with Crippen molar-refractivity contribution in [3.8, 4) is 5.88 Å². The van der Waals surface area contributed by atoms with Crippen molar-refractivity contribution in [3.63, 3.8) is 0 Å². The molecule has 0 spiro atoms. The Morgan fingerprint density at radius 1 is 1.00 bits per heavy atom. The molecule has 0 radical (unpaired) electrons. The number of piperidine rings is 1. The average Bonchev–Trinajstić information content (AvgIpc) is 2.93. The van der Waals surface area contributed by atoms with Gasteiger partial charge in [0.05, 0.1) is 12.3 Å². The lowest BCUT2D eigenvalue weighted by Gasteiger charge is -2.32. The molecular formula is C28H28N4O5. The molecule has 1 aliphatic rings. The molecule has 3 heterocycles. The van der Waals surface area contributed by atoms with Crippen molar-refractivity contribution in [3.05, 3.63) is 89.8 Å². The highest BCUT2D eigenvalue weighted by Crippen LogP contribution is 2.19. The van der Waals surface area contributed by atoms with E-state index in [0.717, 1.165) is 12.8 Å². The van der Waals surface area contributed by atoms with Gasteiger partial charge in [-0.05, 0) is 49.4 Å². The lowest BCUT2D eigenvalue weighted by Crippen LogP contribution is -2.41. The molecule has 4 rings (SSSR count). The minimum atomic E-state index is -0.593. The number of nitrogens with one attached hydrogen (secondary N) is 1. The van der Waals surface area contributed by atoms with Crippen LogP contribution in [0.25, 0.3) is 6.08 Å². The van der Waals surface area contributed by atoms with E-state index >= 15 is 0 Å². The summed E-state index contributed by atoms with van der Waals surface area (Å²) in [5.74, 6) is 0.625. The first-order valence-electron chi connectivity index (χ1n) is 12.1. The summed E-state index contributed by atoms with van der Waals surface area (Å²) in [4.78, 5) is 47.4. The van der Waals surface area contributed by atoms with Gasteiger partial charge < -0.3 is 14.4 Å². The summed E-state index contributed by atoms with van der Waals surface area (Å²) in [6, 6.07) is 17.2. The van der Waals surface area contributed by atoms with Gasteiger partial charge in [-0.2, -0.15) is 0 Å². The van der Waals surface area contributed by atoms with E-state index in [1.807, 2.05) is 18.2 Å². The molecule has 190 valence electrons. The van der Waals surface area contributed by atoms with Crippen molar-refractivity contribution in [1.82, 2.24) is 14.9 Å². The Hall–Kier alpha value is -4.53. The third kappa shape index (κ3) is 7.23. The van der Waals surface area contributed by atoms with Gasteiger partial charge in [0.1, 0.15) is 11.9 Å². The number of anilines is 1. The van der Waals surface area contributed by atoms with Gasteiger partial charge in [0, 0.05) is 49.3 Å². The van der Waals surface area contributed by atoms with Crippen LogP contribution in [0.2, 0.25) is 0 Å². The first-order valence-corrected chi connectivity index (χ1v) is 12.1. The molecule has 2 amide bonds. The second-order valence-corrected chi connectivity index (χ2v) is 8.35. The predicted molar refractivity (Wildman–Crippen MR) is 138 cm³/mol. The van der Waals surface area contributed by atoms with Crippen LogP contribution in [0.15, 0.2) is 72.9 Å². The topological polar surface area (TPSA) is 111 Å². The highest BCUT2D eigenvalue weighted by Gasteiger charge is 2.25. The Labute approximate surface area is 215 Å². The Morgan fingerprint density at radius 3 is 2.46 bits per heavy atom. The van der Waals surface area contributed by atoms with Crippen LogP contribution in [0.3, 0.4) is 0 Å². The van der Waals surface area contributed by atoms with E-state index in [2.05, 4.69) is 15.3 Å². The molecule has 0 unspecified atom stereocenters. The lowest BCUT2D eigenvalue weighted by molar-refractivity contribution is 0.0587. The monoisotopic (exact) mass is 500 g/mol. The SMILES string of the molecule is CCOC(=O)Nc1cccc(/C=C/C(=O)c2ccc(C(=O)N3CCC(Oc4ccccn4)CC3)cc2)n1. The Kier molecular flexibility index (Phi) is 8.59. The van der Waals surface area contributed by atoms with Crippen LogP contribution >= 0.6 is 0 Å². The molecule has 9 nitrogen and oxygen atoms in total. The number of rotatable bonds is 8. The zero-order valence-corrected chi connectivity index (χ0v) is 20.5. The van der Waals surface area contributed by atoms with E-state index in [4.69, 9.17) is 9.47 Å². The molecule has 0 aliphatic carbocycles. The van der Waals surface area contributed by atoms with Crippen LogP contribution in [-0.4, -0.2) is 58.5 Å². The van der Waals surface area contributed by atoms with Gasteiger partial charge in [-0.15, -0.1) is 0 Å². The number of aromatic nitrogens is 2. The summed E-state index contributed by atoms with van der Waals surface area (Å²) < 4.78 is 10.7. The normalized spacial score (nSPS) is 13.8. The maximum Gasteiger partial charge on any atom is 0.412 e. The number of carbonyl (C=O) groups is 3. The van der Waals surface area contributed by atoms with Gasteiger partial charge in [0.25, 0.3) is 5.91 Å². The predicted octanol–water partition coefficient (Wildman–Crippen LogP) is 4.62. The number of benzene rings is 1. The molecule has 0 atom stereocenters. The summed E-state index contributed by atoms with van der Waals surface area (Å²) in [5.41, 5.74) is 1.49. The van der Waals surface area contributed by atoms with Crippen LogP contribution < -0.4 is 10.1 Å². The third-order valence-corrected chi connectivity index (χ3v) is 5.75. The number of hydrogen-bond acceptors (Lipinski definition) is 7. The van der Waals surface area contributed by atoms with E-state index < -0.39 is 6.09 Å². The van der Waals surface area contributed by atoms with Crippen LogP contribution in [0.5, 0.6) is 5.88 Å². The van der Waals surface area contributed by atoms with E-state index in [1.54, 1.807) is 66.6 Å². The summed E-state index contributed by atoms with van der Waals surface area (Å²) in [6.45, 7) is 3.15. The molecule has 1 saturated heterocycles. The first-order chi connectivity index (χ1) is 18.0. The molecule has 1 fully saturated rings. The number of likely N-dealkylation sites (tertiary alicyclic amines) is 1. The van der Waals surface area contributed by atoms with Crippen molar-refractivity contribution in [2.45, 2.75) is 25.9 Å². The number of pyridine rings is 2. The van der Waals surface area contributed by atoms with Gasteiger partial charge in [-0.3, -0.25) is 14.9 Å². The van der Waals surface area contributed by atoms with Gasteiger partial charge in [-0.1, -0.05) is 24.3 Å². The number of carbonyl (C=O) groups excluding carboxylic acids is 3. The standard InChI is InChI=1S/C28H28N4O5/c1-2-36-28(35)31-25-7-5-6-22(30-25)13-14-24(33)20-9-11-21(12-10-20)27(34)32-18-15-23(16-19-32)37-26-8-3-4-17-29-26/h3-14,17,23H,2,15-16,18-19H2,1H3,(H,30,31,35)/b14-13+.